The third-order valence-corrected chi connectivity index (χ3v) is 3.36. The minimum absolute atomic E-state index is 0.135. The molecule has 1 aromatic heterocycles. The summed E-state index contributed by atoms with van der Waals surface area (Å²) in [7, 11) is 0. The molecule has 0 aliphatic rings. The molecule has 0 aliphatic heterocycles. The normalized spacial score (nSPS) is 11.3. The predicted octanol–water partition coefficient (Wildman–Crippen LogP) is 1.06. The molecule has 0 unspecified atom stereocenters. The summed E-state index contributed by atoms with van der Waals surface area (Å²) in [5.41, 5.74) is 10.5. The molecule has 0 saturated carbocycles. The lowest BCUT2D eigenvalue weighted by atomic mass is 9.93. The lowest BCUT2D eigenvalue weighted by Gasteiger charge is -2.20. The van der Waals surface area contributed by atoms with Crippen LogP contribution in [0.15, 0.2) is 30.3 Å². The van der Waals surface area contributed by atoms with E-state index in [1.165, 1.54) is 0 Å². The number of nitrogen functional groups attached to an aromatic ring is 1. The van der Waals surface area contributed by atoms with Crippen LogP contribution in [0.3, 0.4) is 0 Å². The van der Waals surface area contributed by atoms with Gasteiger partial charge in [-0.15, -0.1) is 0 Å². The van der Waals surface area contributed by atoms with Crippen LogP contribution < -0.4 is 16.8 Å². The molecule has 0 fully saturated rings. The molecule has 0 bridgehead atoms. The van der Waals surface area contributed by atoms with E-state index in [4.69, 9.17) is 11.5 Å². The van der Waals surface area contributed by atoms with Crippen molar-refractivity contribution in [2.75, 3.05) is 12.3 Å². The summed E-state index contributed by atoms with van der Waals surface area (Å²) >= 11 is 0. The van der Waals surface area contributed by atoms with Crippen molar-refractivity contribution in [2.45, 2.75) is 13.8 Å². The number of anilines is 1. The van der Waals surface area contributed by atoms with E-state index in [1.54, 1.807) is 19.9 Å². The summed E-state index contributed by atoms with van der Waals surface area (Å²) in [4.78, 5) is 27.5. The number of hydrogen-bond donors (Lipinski definition) is 3. The largest absolute Gasteiger partial charge is 0.383 e. The molecule has 1 heterocycles. The molecule has 6 heteroatoms. The van der Waals surface area contributed by atoms with Crippen molar-refractivity contribution in [3.63, 3.8) is 0 Å². The van der Waals surface area contributed by atoms with Gasteiger partial charge in [-0.2, -0.15) is 0 Å². The van der Waals surface area contributed by atoms with Gasteiger partial charge in [-0.1, -0.05) is 24.3 Å². The zero-order chi connectivity index (χ0) is 15.6. The van der Waals surface area contributed by atoms with Gasteiger partial charge in [0.2, 0.25) is 5.91 Å². The second kappa shape index (κ2) is 5.40. The van der Waals surface area contributed by atoms with Crippen LogP contribution in [0, 0.1) is 5.41 Å². The number of nitrogens with two attached hydrogens (primary N) is 2. The van der Waals surface area contributed by atoms with E-state index in [2.05, 4.69) is 10.3 Å². The van der Waals surface area contributed by atoms with Crippen LogP contribution in [0.1, 0.15) is 24.3 Å². The zero-order valence-corrected chi connectivity index (χ0v) is 12.0. The number of carbonyl (C=O) groups excluding carboxylic acids is 2. The second-order valence-electron chi connectivity index (χ2n) is 5.54. The van der Waals surface area contributed by atoms with Gasteiger partial charge >= 0.3 is 0 Å². The van der Waals surface area contributed by atoms with Crippen molar-refractivity contribution in [3.8, 4) is 0 Å². The first kappa shape index (κ1) is 14.8. The Kier molecular flexibility index (Phi) is 3.80. The van der Waals surface area contributed by atoms with Gasteiger partial charge in [-0.05, 0) is 25.3 Å². The van der Waals surface area contributed by atoms with Gasteiger partial charge < -0.3 is 16.8 Å². The standard InChI is InChI=1S/C15H18N4O2/c1-15(2,14(17)21)8-18-13(20)11-7-9-5-3-4-6-10(9)12(16)19-11/h3-7H,8H2,1-2H3,(H2,16,19)(H2,17,21)(H,18,20). The fourth-order valence-electron chi connectivity index (χ4n) is 1.82. The molecule has 6 nitrogen and oxygen atoms in total. The van der Waals surface area contributed by atoms with Crippen molar-refractivity contribution >= 4 is 28.4 Å². The molecule has 1 aromatic carbocycles. The van der Waals surface area contributed by atoms with Gasteiger partial charge in [0.05, 0.1) is 5.41 Å². The summed E-state index contributed by atoms with van der Waals surface area (Å²) in [6.07, 6.45) is 0. The van der Waals surface area contributed by atoms with Crippen LogP contribution >= 0.6 is 0 Å². The monoisotopic (exact) mass is 286 g/mol. The Morgan fingerprint density at radius 3 is 2.62 bits per heavy atom. The molecule has 21 heavy (non-hydrogen) atoms. The van der Waals surface area contributed by atoms with Gasteiger partial charge in [-0.25, -0.2) is 4.98 Å². The van der Waals surface area contributed by atoms with E-state index < -0.39 is 11.3 Å². The van der Waals surface area contributed by atoms with Crippen LogP contribution in [-0.4, -0.2) is 23.3 Å². The maximum Gasteiger partial charge on any atom is 0.270 e. The quantitative estimate of drug-likeness (QED) is 0.780. The smallest absolute Gasteiger partial charge is 0.270 e. The highest BCUT2D eigenvalue weighted by Gasteiger charge is 2.26. The maximum absolute atomic E-state index is 12.1. The average Bonchev–Trinajstić information content (AvgIpc) is 2.44. The summed E-state index contributed by atoms with van der Waals surface area (Å²) in [5.74, 6) is -0.567. The number of carbonyl (C=O) groups is 2. The molecule has 0 saturated heterocycles. The number of aromatic nitrogens is 1. The topological polar surface area (TPSA) is 111 Å². The van der Waals surface area contributed by atoms with Gasteiger partial charge in [0, 0.05) is 11.9 Å². The minimum atomic E-state index is -0.821. The Morgan fingerprint density at radius 2 is 1.95 bits per heavy atom. The predicted molar refractivity (Wildman–Crippen MR) is 81.5 cm³/mol. The fraction of sp³-hybridized carbons (Fsp3) is 0.267. The number of fused-ring (bicyclic) bond motifs is 1. The maximum atomic E-state index is 12.1. The first-order valence-electron chi connectivity index (χ1n) is 6.54. The Bertz CT molecular complexity index is 710. The Labute approximate surface area is 122 Å². The lowest BCUT2D eigenvalue weighted by Crippen LogP contribution is -2.42. The van der Waals surface area contributed by atoms with Crippen LogP contribution in [0.25, 0.3) is 10.8 Å². The van der Waals surface area contributed by atoms with Crippen molar-refractivity contribution < 1.29 is 9.59 Å². The Hall–Kier alpha value is -2.63. The van der Waals surface area contributed by atoms with E-state index >= 15 is 0 Å². The number of amides is 2. The Morgan fingerprint density at radius 1 is 1.29 bits per heavy atom. The molecule has 2 rings (SSSR count). The number of pyridine rings is 1. The number of nitrogens with zero attached hydrogens (tertiary/aromatic N) is 1. The summed E-state index contributed by atoms with van der Waals surface area (Å²) in [6, 6.07) is 9.08. The molecule has 0 radical (unpaired) electrons. The van der Waals surface area contributed by atoms with Crippen molar-refractivity contribution in [1.82, 2.24) is 10.3 Å². The van der Waals surface area contributed by atoms with Crippen LogP contribution in [0.2, 0.25) is 0 Å². The zero-order valence-electron chi connectivity index (χ0n) is 12.0. The van der Waals surface area contributed by atoms with E-state index in [0.717, 1.165) is 10.8 Å². The SMILES string of the molecule is CC(C)(CNC(=O)c1cc2ccccc2c(N)n1)C(N)=O. The van der Waals surface area contributed by atoms with E-state index in [0.29, 0.717) is 5.82 Å². The molecule has 110 valence electrons. The van der Waals surface area contributed by atoms with Crippen molar-refractivity contribution in [3.05, 3.63) is 36.0 Å². The third-order valence-electron chi connectivity index (χ3n) is 3.36. The molecular weight excluding hydrogens is 268 g/mol. The average molecular weight is 286 g/mol. The molecule has 0 atom stereocenters. The van der Waals surface area contributed by atoms with Crippen LogP contribution in [0.4, 0.5) is 5.82 Å². The highest BCUT2D eigenvalue weighted by atomic mass is 16.2. The van der Waals surface area contributed by atoms with Crippen LogP contribution in [0.5, 0.6) is 0 Å². The number of primary amides is 1. The number of benzene rings is 1. The number of hydrogen-bond acceptors (Lipinski definition) is 4. The number of rotatable bonds is 4. The molecule has 2 amide bonds. The number of nitrogens with one attached hydrogen (secondary N) is 1. The molecule has 2 aromatic rings. The van der Waals surface area contributed by atoms with E-state index in [1.807, 2.05) is 24.3 Å². The first-order valence-corrected chi connectivity index (χ1v) is 6.54. The van der Waals surface area contributed by atoms with Crippen molar-refractivity contribution in [1.29, 1.82) is 0 Å². The van der Waals surface area contributed by atoms with Crippen LogP contribution in [-0.2, 0) is 4.79 Å². The molecule has 5 N–H and O–H groups in total. The molecule has 0 spiro atoms. The summed E-state index contributed by atoms with van der Waals surface area (Å²) in [5, 5.41) is 4.29. The molecule has 0 aliphatic carbocycles. The lowest BCUT2D eigenvalue weighted by molar-refractivity contribution is -0.125. The van der Waals surface area contributed by atoms with E-state index in [-0.39, 0.29) is 18.1 Å². The van der Waals surface area contributed by atoms with Gasteiger partial charge in [0.1, 0.15) is 11.5 Å². The van der Waals surface area contributed by atoms with E-state index in [9.17, 15) is 9.59 Å². The van der Waals surface area contributed by atoms with Gasteiger partial charge in [0.15, 0.2) is 0 Å². The van der Waals surface area contributed by atoms with Crippen molar-refractivity contribution in [2.24, 2.45) is 11.1 Å². The summed E-state index contributed by atoms with van der Waals surface area (Å²) in [6.45, 7) is 3.46. The minimum Gasteiger partial charge on any atom is -0.383 e. The first-order chi connectivity index (χ1) is 9.81. The molecular formula is C15H18N4O2. The summed E-state index contributed by atoms with van der Waals surface area (Å²) < 4.78 is 0. The highest BCUT2D eigenvalue weighted by Crippen LogP contribution is 2.20. The highest BCUT2D eigenvalue weighted by molar-refractivity contribution is 6.00. The second-order valence-corrected chi connectivity index (χ2v) is 5.54. The fourth-order valence-corrected chi connectivity index (χ4v) is 1.82. The van der Waals surface area contributed by atoms with Gasteiger partial charge in [-0.3, -0.25) is 9.59 Å². The Balaban J connectivity index is 2.22. The third kappa shape index (κ3) is 3.10. The van der Waals surface area contributed by atoms with Gasteiger partial charge in [0.25, 0.3) is 5.91 Å².